The van der Waals surface area contributed by atoms with Gasteiger partial charge in [-0.25, -0.2) is 14.6 Å². The number of nitrogens with zero attached hydrogens (tertiary/aromatic N) is 4. The fourth-order valence-electron chi connectivity index (χ4n) is 3.97. The lowest BCUT2D eigenvalue weighted by atomic mass is 9.82. The number of rotatable bonds is 2. The molecule has 2 aromatic rings. The van der Waals surface area contributed by atoms with E-state index in [0.717, 1.165) is 23.8 Å². The lowest BCUT2D eigenvalue weighted by Gasteiger charge is -2.30. The van der Waals surface area contributed by atoms with Crippen LogP contribution in [-0.2, 0) is 18.9 Å². The Morgan fingerprint density at radius 2 is 1.79 bits per heavy atom. The minimum atomic E-state index is -0.960. The number of hydrogen-bond acceptors (Lipinski definition) is 6. The zero-order valence-electron chi connectivity index (χ0n) is 16.0. The molecule has 1 aliphatic heterocycles. The molecular weight excluding hydrogens is 380 g/mol. The van der Waals surface area contributed by atoms with Crippen molar-refractivity contribution in [1.82, 2.24) is 29.9 Å². The van der Waals surface area contributed by atoms with Crippen molar-refractivity contribution in [1.29, 1.82) is 0 Å². The van der Waals surface area contributed by atoms with Gasteiger partial charge in [0.2, 0.25) is 0 Å². The highest BCUT2D eigenvalue weighted by atomic mass is 16.2. The molecule has 1 saturated heterocycles. The number of aromatic nitrogens is 3. The van der Waals surface area contributed by atoms with Crippen molar-refractivity contribution in [2.24, 2.45) is 14.1 Å². The van der Waals surface area contributed by atoms with Gasteiger partial charge in [0.1, 0.15) is 11.2 Å². The fraction of sp³-hybridized carbons (Fsp3) is 0.444. The second kappa shape index (κ2) is 6.54. The van der Waals surface area contributed by atoms with Gasteiger partial charge in [-0.15, -0.1) is 0 Å². The molecule has 11 heteroatoms. The van der Waals surface area contributed by atoms with Crippen molar-refractivity contribution in [3.63, 3.8) is 0 Å². The summed E-state index contributed by atoms with van der Waals surface area (Å²) in [6, 6.07) is 0.603. The molecule has 2 fully saturated rings. The maximum atomic E-state index is 12.8. The van der Waals surface area contributed by atoms with Gasteiger partial charge < -0.3 is 5.32 Å². The zero-order chi connectivity index (χ0) is 20.9. The monoisotopic (exact) mass is 400 g/mol. The van der Waals surface area contributed by atoms with E-state index in [1.54, 1.807) is 0 Å². The van der Waals surface area contributed by atoms with Gasteiger partial charge in [-0.1, -0.05) is 19.3 Å². The summed E-state index contributed by atoms with van der Waals surface area (Å²) in [5.74, 6) is -1.24. The van der Waals surface area contributed by atoms with Crippen LogP contribution in [0.25, 0.3) is 11.0 Å². The van der Waals surface area contributed by atoms with Crippen LogP contribution in [0.4, 0.5) is 4.79 Å². The molecule has 1 saturated carbocycles. The summed E-state index contributed by atoms with van der Waals surface area (Å²) in [6.45, 7) is 0. The van der Waals surface area contributed by atoms with E-state index < -0.39 is 34.6 Å². The van der Waals surface area contributed by atoms with Crippen LogP contribution in [-0.4, -0.2) is 42.5 Å². The number of imide groups is 1. The van der Waals surface area contributed by atoms with Gasteiger partial charge in [-0.05, 0) is 18.9 Å². The number of aryl methyl sites for hydroxylation is 1. The van der Waals surface area contributed by atoms with Crippen LogP contribution in [0.1, 0.15) is 42.5 Å². The first-order chi connectivity index (χ1) is 13.7. The van der Waals surface area contributed by atoms with Crippen molar-refractivity contribution >= 4 is 28.9 Å². The van der Waals surface area contributed by atoms with Crippen LogP contribution in [0.2, 0.25) is 0 Å². The predicted molar refractivity (Wildman–Crippen MR) is 101 cm³/mol. The molecule has 0 atom stereocenters. The molecule has 0 aromatic carbocycles. The average Bonchev–Trinajstić information content (AvgIpc) is 2.94. The SMILES string of the molecule is Cn1c(=O)c2cc(C(=O)NN3C(=O)NC4(CCCCC4)C3=O)cnc2n(C)c1=O. The standard InChI is InChI=1S/C18H20N6O5/c1-22-12-11(14(26)23(2)17(22)29)8-10(9-19-12)13(25)21-24-15(27)18(20-16(24)28)6-4-3-5-7-18/h8-9H,3-7H2,1-2H3,(H,20,28)(H,21,25). The molecule has 1 spiro atoms. The first-order valence-corrected chi connectivity index (χ1v) is 9.29. The quantitative estimate of drug-likeness (QED) is 0.655. The average molecular weight is 400 g/mol. The summed E-state index contributed by atoms with van der Waals surface area (Å²) in [7, 11) is 2.79. The van der Waals surface area contributed by atoms with Crippen LogP contribution in [0, 0.1) is 0 Å². The number of amides is 4. The van der Waals surface area contributed by atoms with Crippen molar-refractivity contribution in [2.45, 2.75) is 37.6 Å². The van der Waals surface area contributed by atoms with E-state index in [1.807, 2.05) is 0 Å². The molecule has 11 nitrogen and oxygen atoms in total. The summed E-state index contributed by atoms with van der Waals surface area (Å²) >= 11 is 0. The Bertz CT molecular complexity index is 1170. The summed E-state index contributed by atoms with van der Waals surface area (Å²) in [4.78, 5) is 66.1. The molecule has 1 aliphatic carbocycles. The molecule has 152 valence electrons. The Morgan fingerprint density at radius 3 is 2.48 bits per heavy atom. The molecule has 3 heterocycles. The van der Waals surface area contributed by atoms with E-state index in [4.69, 9.17) is 0 Å². The highest BCUT2D eigenvalue weighted by molar-refractivity contribution is 6.09. The first kappa shape index (κ1) is 18.8. The molecule has 2 N–H and O–H groups in total. The van der Waals surface area contributed by atoms with E-state index in [1.165, 1.54) is 30.9 Å². The van der Waals surface area contributed by atoms with E-state index >= 15 is 0 Å². The van der Waals surface area contributed by atoms with Crippen LogP contribution in [0.3, 0.4) is 0 Å². The fourth-order valence-corrected chi connectivity index (χ4v) is 3.97. The topological polar surface area (TPSA) is 135 Å². The number of hydrogen-bond donors (Lipinski definition) is 2. The molecule has 4 rings (SSSR count). The van der Waals surface area contributed by atoms with Crippen molar-refractivity contribution < 1.29 is 14.4 Å². The number of fused-ring (bicyclic) bond motifs is 1. The molecule has 2 aliphatic rings. The zero-order valence-corrected chi connectivity index (χ0v) is 16.0. The van der Waals surface area contributed by atoms with Crippen LogP contribution < -0.4 is 22.0 Å². The third kappa shape index (κ3) is 2.80. The molecule has 4 amide bonds. The highest BCUT2D eigenvalue weighted by Crippen LogP contribution is 2.33. The van der Waals surface area contributed by atoms with Gasteiger partial charge in [0.25, 0.3) is 17.4 Å². The van der Waals surface area contributed by atoms with Gasteiger partial charge in [0.15, 0.2) is 0 Å². The number of carbonyl (C=O) groups excluding carboxylic acids is 3. The Balaban J connectivity index is 1.64. The van der Waals surface area contributed by atoms with E-state index in [9.17, 15) is 24.0 Å². The van der Waals surface area contributed by atoms with Gasteiger partial charge >= 0.3 is 11.7 Å². The molecule has 0 radical (unpaired) electrons. The Labute approximate surface area is 164 Å². The Hall–Kier alpha value is -3.50. The number of carbonyl (C=O) groups is 3. The molecule has 29 heavy (non-hydrogen) atoms. The number of nitrogens with one attached hydrogen (secondary N) is 2. The van der Waals surface area contributed by atoms with E-state index in [-0.39, 0.29) is 16.6 Å². The second-order valence-corrected chi connectivity index (χ2v) is 7.46. The Kier molecular flexibility index (Phi) is 4.25. The lowest BCUT2D eigenvalue weighted by Crippen LogP contribution is -2.51. The van der Waals surface area contributed by atoms with Crippen molar-refractivity contribution in [2.75, 3.05) is 0 Å². The minimum absolute atomic E-state index is 0.0153. The summed E-state index contributed by atoms with van der Waals surface area (Å²) in [6.07, 6.45) is 4.90. The first-order valence-electron chi connectivity index (χ1n) is 9.29. The van der Waals surface area contributed by atoms with Crippen molar-refractivity contribution in [3.05, 3.63) is 38.7 Å². The summed E-state index contributed by atoms with van der Waals surface area (Å²) < 4.78 is 2.11. The molecule has 0 bridgehead atoms. The lowest BCUT2D eigenvalue weighted by molar-refractivity contribution is -0.134. The third-order valence-electron chi connectivity index (χ3n) is 5.64. The smallest absolute Gasteiger partial charge is 0.322 e. The molecular formula is C18H20N6O5. The molecule has 0 unspecified atom stereocenters. The maximum Gasteiger partial charge on any atom is 0.344 e. The van der Waals surface area contributed by atoms with Crippen LogP contribution >= 0.6 is 0 Å². The third-order valence-corrected chi connectivity index (χ3v) is 5.64. The second-order valence-electron chi connectivity index (χ2n) is 7.46. The Morgan fingerprint density at radius 1 is 1.10 bits per heavy atom. The minimum Gasteiger partial charge on any atom is -0.322 e. The van der Waals surface area contributed by atoms with Crippen LogP contribution in [0.5, 0.6) is 0 Å². The summed E-state index contributed by atoms with van der Waals surface area (Å²) in [5, 5.41) is 3.47. The molecule has 2 aromatic heterocycles. The van der Waals surface area contributed by atoms with Gasteiger partial charge in [-0.3, -0.25) is 28.9 Å². The summed E-state index contributed by atoms with van der Waals surface area (Å²) in [5.41, 5.74) is 0.328. The van der Waals surface area contributed by atoms with Crippen LogP contribution in [0.15, 0.2) is 21.9 Å². The van der Waals surface area contributed by atoms with Gasteiger partial charge in [0, 0.05) is 20.3 Å². The number of urea groups is 1. The normalized spacial score (nSPS) is 18.3. The van der Waals surface area contributed by atoms with E-state index in [0.29, 0.717) is 17.9 Å². The van der Waals surface area contributed by atoms with Gasteiger partial charge in [-0.2, -0.15) is 5.01 Å². The van der Waals surface area contributed by atoms with Crippen molar-refractivity contribution in [3.8, 4) is 0 Å². The maximum absolute atomic E-state index is 12.8. The van der Waals surface area contributed by atoms with E-state index in [2.05, 4.69) is 15.7 Å². The van der Waals surface area contributed by atoms with Gasteiger partial charge in [0.05, 0.1) is 10.9 Å². The number of hydrazine groups is 1. The highest BCUT2D eigenvalue weighted by Gasteiger charge is 2.52. The predicted octanol–water partition coefficient (Wildman–Crippen LogP) is -0.468. The largest absolute Gasteiger partial charge is 0.344 e. The number of pyridine rings is 1.